The summed E-state index contributed by atoms with van der Waals surface area (Å²) in [5.41, 5.74) is 0.482. The monoisotopic (exact) mass is 251 g/mol. The zero-order chi connectivity index (χ0) is 13.1. The second-order valence-corrected chi connectivity index (χ2v) is 3.62. The molecule has 0 N–H and O–H groups in total. The van der Waals surface area contributed by atoms with Crippen molar-refractivity contribution in [1.82, 2.24) is 0 Å². The van der Waals surface area contributed by atoms with Crippen LogP contribution in [0.4, 0.5) is 23.2 Å². The summed E-state index contributed by atoms with van der Waals surface area (Å²) in [5.74, 6) is -3.67. The standard InChI is InChI=1S/C11H13F4NO/c1-16(9-6-4-3-5-7-9)8-10(12,17-2)11(13,14)15/h3-7H,8H2,1-2H3. The molecule has 1 atom stereocenters. The number of methoxy groups -OCH3 is 1. The minimum Gasteiger partial charge on any atom is -0.368 e. The number of benzene rings is 1. The number of alkyl halides is 4. The SMILES string of the molecule is COC(F)(CN(C)c1ccccc1)C(F)(F)F. The molecule has 0 saturated heterocycles. The molecule has 6 heteroatoms. The molecule has 0 aliphatic carbocycles. The first-order valence-electron chi connectivity index (χ1n) is 4.87. The van der Waals surface area contributed by atoms with E-state index < -0.39 is 18.6 Å². The highest BCUT2D eigenvalue weighted by atomic mass is 19.4. The van der Waals surface area contributed by atoms with Crippen molar-refractivity contribution < 1.29 is 22.3 Å². The molecule has 1 rings (SSSR count). The minimum absolute atomic E-state index is 0.482. The lowest BCUT2D eigenvalue weighted by molar-refractivity contribution is -0.319. The molecule has 0 aliphatic rings. The molecule has 0 fully saturated rings. The normalized spacial score (nSPS) is 15.4. The number of rotatable bonds is 4. The summed E-state index contributed by atoms with van der Waals surface area (Å²) >= 11 is 0. The van der Waals surface area contributed by atoms with E-state index in [-0.39, 0.29) is 0 Å². The van der Waals surface area contributed by atoms with E-state index in [1.54, 1.807) is 30.3 Å². The first-order chi connectivity index (χ1) is 7.80. The highest BCUT2D eigenvalue weighted by Gasteiger charge is 2.57. The van der Waals surface area contributed by atoms with E-state index in [1.807, 2.05) is 0 Å². The molecule has 1 unspecified atom stereocenters. The number of hydrogen-bond acceptors (Lipinski definition) is 2. The highest BCUT2D eigenvalue weighted by Crippen LogP contribution is 2.35. The van der Waals surface area contributed by atoms with Gasteiger partial charge in [-0.05, 0) is 12.1 Å². The van der Waals surface area contributed by atoms with Crippen molar-refractivity contribution in [2.24, 2.45) is 0 Å². The van der Waals surface area contributed by atoms with E-state index in [0.29, 0.717) is 12.8 Å². The summed E-state index contributed by atoms with van der Waals surface area (Å²) in [6, 6.07) is 8.22. The molecule has 1 aromatic rings. The second-order valence-electron chi connectivity index (χ2n) is 3.62. The van der Waals surface area contributed by atoms with E-state index in [1.165, 1.54) is 7.05 Å². The molecule has 0 amide bonds. The van der Waals surface area contributed by atoms with Gasteiger partial charge in [-0.1, -0.05) is 18.2 Å². The Morgan fingerprint density at radius 1 is 1.12 bits per heavy atom. The van der Waals surface area contributed by atoms with Crippen molar-refractivity contribution in [2.45, 2.75) is 12.0 Å². The van der Waals surface area contributed by atoms with E-state index in [4.69, 9.17) is 0 Å². The van der Waals surface area contributed by atoms with Crippen LogP contribution >= 0.6 is 0 Å². The maximum absolute atomic E-state index is 13.6. The largest absolute Gasteiger partial charge is 0.450 e. The fraction of sp³-hybridized carbons (Fsp3) is 0.455. The lowest BCUT2D eigenvalue weighted by Gasteiger charge is -2.31. The van der Waals surface area contributed by atoms with Crippen molar-refractivity contribution in [3.63, 3.8) is 0 Å². The lowest BCUT2D eigenvalue weighted by atomic mass is 10.2. The maximum Gasteiger partial charge on any atom is 0.450 e. The van der Waals surface area contributed by atoms with Crippen LogP contribution in [-0.2, 0) is 4.74 Å². The molecule has 0 radical (unpaired) electrons. The maximum atomic E-state index is 13.6. The molecular weight excluding hydrogens is 238 g/mol. The number of likely N-dealkylation sites (N-methyl/N-ethyl adjacent to an activating group) is 1. The van der Waals surface area contributed by atoms with E-state index in [9.17, 15) is 17.6 Å². The predicted octanol–water partition coefficient (Wildman–Crippen LogP) is 3.00. The number of anilines is 1. The fourth-order valence-electron chi connectivity index (χ4n) is 1.35. The van der Waals surface area contributed by atoms with Gasteiger partial charge in [0.1, 0.15) is 0 Å². The van der Waals surface area contributed by atoms with Gasteiger partial charge in [-0.2, -0.15) is 17.6 Å². The number of hydrogen-bond donors (Lipinski definition) is 0. The Bertz CT molecular complexity index is 354. The third-order valence-electron chi connectivity index (χ3n) is 2.38. The Hall–Kier alpha value is -1.30. The predicted molar refractivity (Wildman–Crippen MR) is 56.6 cm³/mol. The van der Waals surface area contributed by atoms with Gasteiger partial charge >= 0.3 is 12.0 Å². The van der Waals surface area contributed by atoms with Crippen molar-refractivity contribution in [3.8, 4) is 0 Å². The van der Waals surface area contributed by atoms with Gasteiger partial charge in [-0.15, -0.1) is 0 Å². The Morgan fingerprint density at radius 3 is 2.06 bits per heavy atom. The zero-order valence-electron chi connectivity index (χ0n) is 9.46. The molecule has 0 saturated carbocycles. The second kappa shape index (κ2) is 4.91. The number of nitrogens with zero attached hydrogens (tertiary/aromatic N) is 1. The van der Waals surface area contributed by atoms with Gasteiger partial charge in [-0.25, -0.2) is 0 Å². The van der Waals surface area contributed by atoms with Crippen molar-refractivity contribution in [2.75, 3.05) is 25.6 Å². The average molecular weight is 251 g/mol. The molecule has 0 aliphatic heterocycles. The molecule has 17 heavy (non-hydrogen) atoms. The van der Waals surface area contributed by atoms with Gasteiger partial charge in [0, 0.05) is 19.8 Å². The highest BCUT2D eigenvalue weighted by molar-refractivity contribution is 5.45. The van der Waals surface area contributed by atoms with Crippen LogP contribution in [0.5, 0.6) is 0 Å². The Kier molecular flexibility index (Phi) is 3.98. The summed E-state index contributed by atoms with van der Waals surface area (Å²) in [5, 5.41) is 0. The molecule has 2 nitrogen and oxygen atoms in total. The number of para-hydroxylation sites is 1. The van der Waals surface area contributed by atoms with Crippen LogP contribution in [0.2, 0.25) is 0 Å². The van der Waals surface area contributed by atoms with Gasteiger partial charge in [0.15, 0.2) is 0 Å². The van der Waals surface area contributed by atoms with Crippen molar-refractivity contribution in [3.05, 3.63) is 30.3 Å². The summed E-state index contributed by atoms with van der Waals surface area (Å²) in [4.78, 5) is 1.15. The van der Waals surface area contributed by atoms with Gasteiger partial charge in [0.25, 0.3) is 0 Å². The smallest absolute Gasteiger partial charge is 0.368 e. The minimum atomic E-state index is -5.06. The topological polar surface area (TPSA) is 12.5 Å². The summed E-state index contributed by atoms with van der Waals surface area (Å²) < 4.78 is 54.9. The van der Waals surface area contributed by atoms with Crippen LogP contribution in [0.15, 0.2) is 30.3 Å². The lowest BCUT2D eigenvalue weighted by Crippen LogP contribution is -2.51. The third kappa shape index (κ3) is 3.09. The first-order valence-corrected chi connectivity index (χ1v) is 4.87. The molecule has 0 spiro atoms. The van der Waals surface area contributed by atoms with Crippen LogP contribution in [0, 0.1) is 0 Å². The molecule has 0 aromatic heterocycles. The van der Waals surface area contributed by atoms with Crippen LogP contribution in [0.25, 0.3) is 0 Å². The molecule has 0 heterocycles. The molecular formula is C11H13F4NO. The van der Waals surface area contributed by atoms with Gasteiger partial charge in [0.2, 0.25) is 0 Å². The molecule has 1 aromatic carbocycles. The van der Waals surface area contributed by atoms with E-state index >= 15 is 0 Å². The quantitative estimate of drug-likeness (QED) is 0.763. The summed E-state index contributed by atoms with van der Waals surface area (Å²) in [6.45, 7) is -0.920. The zero-order valence-corrected chi connectivity index (χ0v) is 9.46. The van der Waals surface area contributed by atoms with Crippen molar-refractivity contribution >= 4 is 5.69 Å². The van der Waals surface area contributed by atoms with Crippen LogP contribution in [0.1, 0.15) is 0 Å². The van der Waals surface area contributed by atoms with Crippen LogP contribution in [-0.4, -0.2) is 32.7 Å². The van der Waals surface area contributed by atoms with Gasteiger partial charge in [-0.3, -0.25) is 0 Å². The Morgan fingerprint density at radius 2 is 1.65 bits per heavy atom. The van der Waals surface area contributed by atoms with E-state index in [0.717, 1.165) is 4.90 Å². The van der Waals surface area contributed by atoms with Crippen LogP contribution < -0.4 is 4.90 Å². The van der Waals surface area contributed by atoms with Crippen LogP contribution in [0.3, 0.4) is 0 Å². The average Bonchev–Trinajstić information content (AvgIpc) is 2.28. The summed E-state index contributed by atoms with van der Waals surface area (Å²) in [7, 11) is 2.07. The molecule has 96 valence electrons. The third-order valence-corrected chi connectivity index (χ3v) is 2.38. The number of ether oxygens (including phenoxy) is 1. The fourth-order valence-corrected chi connectivity index (χ4v) is 1.35. The molecule has 0 bridgehead atoms. The van der Waals surface area contributed by atoms with Gasteiger partial charge in [0.05, 0.1) is 6.54 Å². The van der Waals surface area contributed by atoms with Gasteiger partial charge < -0.3 is 9.64 Å². The van der Waals surface area contributed by atoms with Crippen molar-refractivity contribution in [1.29, 1.82) is 0 Å². The summed E-state index contributed by atoms with van der Waals surface area (Å²) in [6.07, 6.45) is -5.06. The number of halogens is 4. The Labute approximate surface area is 96.8 Å². The first kappa shape index (κ1) is 13.8. The Balaban J connectivity index is 2.83. The van der Waals surface area contributed by atoms with E-state index in [2.05, 4.69) is 4.74 Å².